The van der Waals surface area contributed by atoms with Gasteiger partial charge >= 0.3 is 5.97 Å². The Hall–Kier alpha value is -1.35. The molecule has 0 aliphatic heterocycles. The summed E-state index contributed by atoms with van der Waals surface area (Å²) in [5.74, 6) is -0.332. The summed E-state index contributed by atoms with van der Waals surface area (Å²) in [5, 5.41) is 9.64. The molecule has 0 aliphatic carbocycles. The van der Waals surface area contributed by atoms with E-state index >= 15 is 0 Å². The van der Waals surface area contributed by atoms with E-state index in [9.17, 15) is 9.90 Å². The van der Waals surface area contributed by atoms with Crippen molar-refractivity contribution < 1.29 is 14.6 Å². The summed E-state index contributed by atoms with van der Waals surface area (Å²) in [6.07, 6.45) is 23.7. The van der Waals surface area contributed by atoms with Gasteiger partial charge in [-0.15, -0.1) is 0 Å². The maximum atomic E-state index is 11.0. The van der Waals surface area contributed by atoms with Crippen molar-refractivity contribution in [3.8, 4) is 0 Å². The Morgan fingerprint density at radius 3 is 2.17 bits per heavy atom. The largest absolute Gasteiger partial charge is 0.469 e. The number of rotatable bonds is 15. The molecule has 0 aromatic carbocycles. The first-order valence-corrected chi connectivity index (χ1v) is 9.40. The number of aliphatic hydroxyl groups is 1. The molecule has 138 valence electrons. The van der Waals surface area contributed by atoms with Gasteiger partial charge in [0.1, 0.15) is 0 Å². The fourth-order valence-corrected chi connectivity index (χ4v) is 2.38. The highest BCUT2D eigenvalue weighted by Crippen LogP contribution is 2.11. The Morgan fingerprint density at radius 2 is 1.50 bits per heavy atom. The molecule has 1 atom stereocenters. The third-order valence-corrected chi connectivity index (χ3v) is 3.82. The molecule has 0 amide bonds. The Morgan fingerprint density at radius 1 is 0.917 bits per heavy atom. The second kappa shape index (κ2) is 18.0. The van der Waals surface area contributed by atoms with Crippen LogP contribution in [-0.2, 0) is 9.53 Å². The molecular weight excluding hydrogens is 300 g/mol. The predicted octanol–water partition coefficient (Wildman–Crippen LogP) is 5.50. The quantitative estimate of drug-likeness (QED) is 0.244. The number of unbranched alkanes of at least 4 members (excludes halogenated alkanes) is 5. The minimum atomic E-state index is -0.550. The van der Waals surface area contributed by atoms with Crippen molar-refractivity contribution in [2.45, 2.75) is 83.7 Å². The van der Waals surface area contributed by atoms with E-state index in [1.54, 1.807) is 0 Å². The van der Waals surface area contributed by atoms with Gasteiger partial charge in [-0.1, -0.05) is 69.1 Å². The molecule has 0 radical (unpaired) electrons. The van der Waals surface area contributed by atoms with Crippen molar-refractivity contribution in [3.05, 3.63) is 36.5 Å². The van der Waals surface area contributed by atoms with E-state index in [0.29, 0.717) is 6.42 Å². The lowest BCUT2D eigenvalue weighted by Crippen LogP contribution is -2.14. The molecule has 0 rings (SSSR count). The van der Waals surface area contributed by atoms with Crippen LogP contribution in [0, 0.1) is 0 Å². The van der Waals surface area contributed by atoms with Crippen LogP contribution in [0.2, 0.25) is 0 Å². The molecule has 3 nitrogen and oxygen atoms in total. The molecule has 0 aliphatic rings. The van der Waals surface area contributed by atoms with Gasteiger partial charge in [0, 0.05) is 0 Å². The highest BCUT2D eigenvalue weighted by molar-refractivity contribution is 5.69. The topological polar surface area (TPSA) is 46.5 Å². The van der Waals surface area contributed by atoms with E-state index in [4.69, 9.17) is 0 Å². The number of hydrogen-bond donors (Lipinski definition) is 1. The second-order valence-corrected chi connectivity index (χ2v) is 6.07. The zero-order chi connectivity index (χ0) is 17.9. The second-order valence-electron chi connectivity index (χ2n) is 6.07. The average Bonchev–Trinajstić information content (AvgIpc) is 2.58. The number of ether oxygens (including phenoxy) is 1. The van der Waals surface area contributed by atoms with Gasteiger partial charge in [-0.3, -0.25) is 4.79 Å². The van der Waals surface area contributed by atoms with Gasteiger partial charge in [-0.2, -0.15) is 0 Å². The smallest absolute Gasteiger partial charge is 0.308 e. The lowest BCUT2D eigenvalue weighted by molar-refractivity contribution is -0.142. The minimum absolute atomic E-state index is 0.116. The molecule has 1 N–H and O–H groups in total. The molecule has 24 heavy (non-hydrogen) atoms. The van der Waals surface area contributed by atoms with Crippen molar-refractivity contribution in [1.82, 2.24) is 0 Å². The van der Waals surface area contributed by atoms with Gasteiger partial charge in [0.2, 0.25) is 0 Å². The third-order valence-electron chi connectivity index (χ3n) is 3.82. The fraction of sp³-hybridized carbons (Fsp3) is 0.667. The monoisotopic (exact) mass is 336 g/mol. The molecule has 0 aromatic rings. The first kappa shape index (κ1) is 22.6. The minimum Gasteiger partial charge on any atom is -0.469 e. The SMILES string of the molecule is CCC=CCC=CCC=CCCCCCCC[C@@H](O)CC(=O)OC. The normalized spacial score (nSPS) is 13.3. The molecule has 0 bridgehead atoms. The summed E-state index contributed by atoms with van der Waals surface area (Å²) in [6, 6.07) is 0. The van der Waals surface area contributed by atoms with E-state index in [1.807, 2.05) is 0 Å². The van der Waals surface area contributed by atoms with Crippen LogP contribution in [0.3, 0.4) is 0 Å². The van der Waals surface area contributed by atoms with Crippen molar-refractivity contribution >= 4 is 5.97 Å². The first-order chi connectivity index (χ1) is 11.7. The van der Waals surface area contributed by atoms with Gasteiger partial charge in [-0.05, 0) is 38.5 Å². The number of carbonyl (C=O) groups is 1. The van der Waals surface area contributed by atoms with Gasteiger partial charge in [-0.25, -0.2) is 0 Å². The highest BCUT2D eigenvalue weighted by Gasteiger charge is 2.09. The highest BCUT2D eigenvalue weighted by atomic mass is 16.5. The van der Waals surface area contributed by atoms with E-state index in [1.165, 1.54) is 26.4 Å². The summed E-state index contributed by atoms with van der Waals surface area (Å²) < 4.78 is 4.54. The lowest BCUT2D eigenvalue weighted by Gasteiger charge is -2.08. The van der Waals surface area contributed by atoms with Crippen LogP contribution in [0.15, 0.2) is 36.5 Å². The molecular formula is C21H36O3. The summed E-state index contributed by atoms with van der Waals surface area (Å²) >= 11 is 0. The van der Waals surface area contributed by atoms with Crippen LogP contribution in [0.5, 0.6) is 0 Å². The zero-order valence-corrected chi connectivity index (χ0v) is 15.6. The van der Waals surface area contributed by atoms with Crippen LogP contribution < -0.4 is 0 Å². The molecule has 0 fully saturated rings. The third kappa shape index (κ3) is 17.0. The Labute approximate surface area is 148 Å². The lowest BCUT2D eigenvalue weighted by atomic mass is 10.1. The summed E-state index contributed by atoms with van der Waals surface area (Å²) in [7, 11) is 1.35. The number of hydrogen-bond acceptors (Lipinski definition) is 3. The van der Waals surface area contributed by atoms with Crippen LogP contribution in [-0.4, -0.2) is 24.3 Å². The number of aliphatic hydroxyl groups excluding tert-OH is 1. The van der Waals surface area contributed by atoms with E-state index in [0.717, 1.165) is 38.5 Å². The molecule has 0 saturated carbocycles. The molecule has 0 saturated heterocycles. The van der Waals surface area contributed by atoms with Crippen LogP contribution >= 0.6 is 0 Å². The zero-order valence-electron chi connectivity index (χ0n) is 15.6. The van der Waals surface area contributed by atoms with Crippen LogP contribution in [0.1, 0.15) is 77.6 Å². The molecule has 0 spiro atoms. The average molecular weight is 337 g/mol. The summed E-state index contributed by atoms with van der Waals surface area (Å²) in [4.78, 5) is 11.0. The van der Waals surface area contributed by atoms with E-state index in [2.05, 4.69) is 48.1 Å². The summed E-state index contributed by atoms with van der Waals surface area (Å²) in [6.45, 7) is 2.15. The summed E-state index contributed by atoms with van der Waals surface area (Å²) in [5.41, 5.74) is 0. The van der Waals surface area contributed by atoms with Gasteiger partial charge < -0.3 is 9.84 Å². The van der Waals surface area contributed by atoms with Crippen molar-refractivity contribution in [2.24, 2.45) is 0 Å². The maximum absolute atomic E-state index is 11.0. The fourth-order valence-electron chi connectivity index (χ4n) is 2.38. The predicted molar refractivity (Wildman–Crippen MR) is 102 cm³/mol. The Kier molecular flexibility index (Phi) is 17.0. The number of esters is 1. The molecule has 0 heterocycles. The van der Waals surface area contributed by atoms with E-state index in [-0.39, 0.29) is 12.4 Å². The van der Waals surface area contributed by atoms with Gasteiger partial charge in [0.25, 0.3) is 0 Å². The molecule has 0 aromatic heterocycles. The molecule has 0 unspecified atom stereocenters. The van der Waals surface area contributed by atoms with Gasteiger partial charge in [0.05, 0.1) is 19.6 Å². The Bertz CT molecular complexity index is 369. The number of carbonyl (C=O) groups excluding carboxylic acids is 1. The standard InChI is InChI=1S/C21H36O3/c1-3-4-5-6-7-8-9-10-11-12-13-14-15-16-17-18-20(22)19-21(23)24-2/h4-5,7-8,10-11,20,22H,3,6,9,12-19H2,1-2H3/t20-/m1/s1. The Balaban J connectivity index is 3.34. The van der Waals surface area contributed by atoms with Crippen molar-refractivity contribution in [1.29, 1.82) is 0 Å². The van der Waals surface area contributed by atoms with E-state index < -0.39 is 6.10 Å². The van der Waals surface area contributed by atoms with Crippen LogP contribution in [0.25, 0.3) is 0 Å². The number of allylic oxidation sites excluding steroid dienone is 6. The van der Waals surface area contributed by atoms with Crippen LogP contribution in [0.4, 0.5) is 0 Å². The molecule has 3 heteroatoms. The maximum Gasteiger partial charge on any atom is 0.308 e. The van der Waals surface area contributed by atoms with Gasteiger partial charge in [0.15, 0.2) is 0 Å². The number of methoxy groups -OCH3 is 1. The first-order valence-electron chi connectivity index (χ1n) is 9.40. The van der Waals surface area contributed by atoms with Crippen molar-refractivity contribution in [3.63, 3.8) is 0 Å². The van der Waals surface area contributed by atoms with Crippen molar-refractivity contribution in [2.75, 3.05) is 7.11 Å².